The van der Waals surface area contributed by atoms with Crippen LogP contribution in [0, 0.1) is 0 Å². The van der Waals surface area contributed by atoms with Gasteiger partial charge in [0.1, 0.15) is 5.82 Å². The molecular formula is C12H18Br3N3O2S. The number of rotatable bonds is 4. The van der Waals surface area contributed by atoms with Gasteiger partial charge in [0, 0.05) is 12.5 Å². The molecule has 2 rings (SSSR count). The smallest absolute Gasteiger partial charge is 0.253 e. The Hall–Kier alpha value is 0.530. The zero-order valence-corrected chi connectivity index (χ0v) is 17.3. The molecule has 0 radical (unpaired) electrons. The Kier molecular flexibility index (Phi) is 5.93. The molecule has 0 unspecified atom stereocenters. The lowest BCUT2D eigenvalue weighted by Gasteiger charge is -2.26. The van der Waals surface area contributed by atoms with Crippen LogP contribution >= 0.6 is 47.8 Å². The van der Waals surface area contributed by atoms with Gasteiger partial charge in [-0.15, -0.1) is 10.2 Å². The molecule has 1 aromatic rings. The number of nitrogens with zero attached hydrogens (tertiary/aromatic N) is 3. The number of sulfone groups is 1. The first-order chi connectivity index (χ1) is 9.79. The van der Waals surface area contributed by atoms with Crippen molar-refractivity contribution in [1.29, 1.82) is 0 Å². The summed E-state index contributed by atoms with van der Waals surface area (Å²) >= 11 is 9.32. The highest BCUT2D eigenvalue weighted by atomic mass is 80.0. The molecule has 21 heavy (non-hydrogen) atoms. The van der Waals surface area contributed by atoms with Crippen molar-refractivity contribution >= 4 is 57.6 Å². The fraction of sp³-hybridized carbons (Fsp3) is 0.833. The second kappa shape index (κ2) is 6.97. The lowest BCUT2D eigenvalue weighted by Crippen LogP contribution is -2.26. The molecule has 1 aliphatic carbocycles. The van der Waals surface area contributed by atoms with Crippen molar-refractivity contribution in [3.8, 4) is 0 Å². The van der Waals surface area contributed by atoms with Gasteiger partial charge in [0.05, 0.1) is 0 Å². The molecule has 1 heterocycles. The molecule has 1 fully saturated rings. The summed E-state index contributed by atoms with van der Waals surface area (Å²) in [5.41, 5.74) is 0. The van der Waals surface area contributed by atoms with E-state index >= 15 is 0 Å². The number of halogens is 3. The third kappa shape index (κ3) is 3.72. The zero-order valence-electron chi connectivity index (χ0n) is 11.7. The Labute approximate surface area is 150 Å². The van der Waals surface area contributed by atoms with Crippen molar-refractivity contribution in [1.82, 2.24) is 14.8 Å². The summed E-state index contributed by atoms with van der Waals surface area (Å²) in [6.07, 6.45) is 7.06. The SMILES string of the molecule is CCCc1nnc(S(=O)(=O)C(Br)(Br)Br)n1C1CCCCC1. The van der Waals surface area contributed by atoms with Gasteiger partial charge in [-0.1, -0.05) is 26.2 Å². The van der Waals surface area contributed by atoms with Gasteiger partial charge < -0.3 is 0 Å². The first-order valence-electron chi connectivity index (χ1n) is 7.04. The summed E-state index contributed by atoms with van der Waals surface area (Å²) in [6, 6.07) is 0.176. The predicted octanol–water partition coefficient (Wildman–Crippen LogP) is 4.31. The molecule has 0 aromatic carbocycles. The average molecular weight is 508 g/mol. The summed E-state index contributed by atoms with van der Waals surface area (Å²) < 4.78 is 25.8. The van der Waals surface area contributed by atoms with Crippen molar-refractivity contribution in [2.45, 2.75) is 64.5 Å². The molecule has 0 N–H and O–H groups in total. The standard InChI is InChI=1S/C12H18Br3N3O2S/c1-2-6-10-16-17-11(21(19,20)12(13,14)15)18(10)9-7-4-3-5-8-9/h9H,2-8H2,1H3. The molecule has 0 amide bonds. The maximum atomic E-state index is 12.7. The van der Waals surface area contributed by atoms with E-state index in [-0.39, 0.29) is 11.2 Å². The van der Waals surface area contributed by atoms with Crippen LogP contribution in [0.2, 0.25) is 0 Å². The lowest BCUT2D eigenvalue weighted by molar-refractivity contribution is 0.326. The molecule has 1 aromatic heterocycles. The van der Waals surface area contributed by atoms with Gasteiger partial charge in [-0.3, -0.25) is 4.57 Å². The highest BCUT2D eigenvalue weighted by Crippen LogP contribution is 2.44. The Balaban J connectivity index is 2.51. The molecule has 0 saturated heterocycles. The lowest BCUT2D eigenvalue weighted by atomic mass is 9.95. The summed E-state index contributed by atoms with van der Waals surface area (Å²) in [7, 11) is -3.71. The van der Waals surface area contributed by atoms with Crippen LogP contribution in [0.25, 0.3) is 0 Å². The quantitative estimate of drug-likeness (QED) is 0.570. The molecule has 1 aliphatic rings. The highest BCUT2D eigenvalue weighted by Gasteiger charge is 2.43. The van der Waals surface area contributed by atoms with E-state index in [2.05, 4.69) is 64.9 Å². The average Bonchev–Trinajstić information content (AvgIpc) is 2.83. The second-order valence-electron chi connectivity index (χ2n) is 5.26. The van der Waals surface area contributed by atoms with Crippen LogP contribution in [-0.4, -0.2) is 24.7 Å². The first kappa shape index (κ1) is 17.9. The molecule has 9 heteroatoms. The van der Waals surface area contributed by atoms with Crippen molar-refractivity contribution < 1.29 is 8.42 Å². The van der Waals surface area contributed by atoms with E-state index in [4.69, 9.17) is 0 Å². The summed E-state index contributed by atoms with van der Waals surface area (Å²) in [6.45, 7) is 2.05. The van der Waals surface area contributed by atoms with Crippen molar-refractivity contribution in [3.05, 3.63) is 5.82 Å². The molecular weight excluding hydrogens is 490 g/mol. The summed E-state index contributed by atoms with van der Waals surface area (Å²) in [4.78, 5) is 0. The Bertz CT molecular complexity index is 589. The summed E-state index contributed by atoms with van der Waals surface area (Å²) in [5.74, 6) is 0.764. The van der Waals surface area contributed by atoms with E-state index in [0.29, 0.717) is 0 Å². The van der Waals surface area contributed by atoms with E-state index in [9.17, 15) is 8.42 Å². The summed E-state index contributed by atoms with van der Waals surface area (Å²) in [5, 5.41) is 8.15. The van der Waals surface area contributed by atoms with E-state index in [1.54, 1.807) is 0 Å². The van der Waals surface area contributed by atoms with Crippen molar-refractivity contribution in [2.75, 3.05) is 0 Å². The van der Waals surface area contributed by atoms with Gasteiger partial charge in [0.2, 0.25) is 11.3 Å². The number of alkyl halides is 3. The van der Waals surface area contributed by atoms with E-state index in [1.807, 2.05) is 4.57 Å². The molecule has 1 saturated carbocycles. The van der Waals surface area contributed by atoms with Crippen LogP contribution in [0.1, 0.15) is 57.3 Å². The Morgan fingerprint density at radius 1 is 1.19 bits per heavy atom. The first-order valence-corrected chi connectivity index (χ1v) is 10.9. The van der Waals surface area contributed by atoms with Crippen molar-refractivity contribution in [3.63, 3.8) is 0 Å². The predicted molar refractivity (Wildman–Crippen MR) is 92.8 cm³/mol. The van der Waals surface area contributed by atoms with Gasteiger partial charge >= 0.3 is 0 Å². The van der Waals surface area contributed by atoms with Gasteiger partial charge in [0.25, 0.3) is 5.16 Å². The molecule has 5 nitrogen and oxygen atoms in total. The zero-order chi connectivity index (χ0) is 15.7. The fourth-order valence-corrected chi connectivity index (χ4v) is 4.87. The Morgan fingerprint density at radius 2 is 1.81 bits per heavy atom. The van der Waals surface area contributed by atoms with Crippen LogP contribution in [0.5, 0.6) is 0 Å². The maximum Gasteiger partial charge on any atom is 0.253 e. The third-order valence-electron chi connectivity index (χ3n) is 3.69. The van der Waals surface area contributed by atoms with Gasteiger partial charge in [-0.25, -0.2) is 8.42 Å². The molecule has 0 bridgehead atoms. The largest absolute Gasteiger partial charge is 0.299 e. The molecule has 0 aliphatic heterocycles. The number of hydrogen-bond donors (Lipinski definition) is 0. The monoisotopic (exact) mass is 505 g/mol. The topological polar surface area (TPSA) is 64.8 Å². The third-order valence-corrected chi connectivity index (χ3v) is 8.90. The molecule has 120 valence electrons. The fourth-order valence-electron chi connectivity index (χ4n) is 2.69. The number of aryl methyl sites for hydroxylation is 1. The highest BCUT2D eigenvalue weighted by molar-refractivity contribution is 9.42. The Morgan fingerprint density at radius 3 is 2.33 bits per heavy atom. The van der Waals surface area contributed by atoms with E-state index < -0.39 is 11.3 Å². The minimum absolute atomic E-state index is 0.0310. The van der Waals surface area contributed by atoms with Crippen LogP contribution in [0.4, 0.5) is 0 Å². The number of hydrogen-bond acceptors (Lipinski definition) is 4. The van der Waals surface area contributed by atoms with Gasteiger partial charge in [-0.2, -0.15) is 0 Å². The van der Waals surface area contributed by atoms with Gasteiger partial charge in [-0.05, 0) is 67.1 Å². The minimum Gasteiger partial charge on any atom is -0.299 e. The normalized spacial score (nSPS) is 18.1. The maximum absolute atomic E-state index is 12.7. The second-order valence-corrected chi connectivity index (χ2v) is 15.6. The minimum atomic E-state index is -3.71. The van der Waals surface area contributed by atoms with E-state index in [0.717, 1.165) is 44.3 Å². The number of aromatic nitrogens is 3. The van der Waals surface area contributed by atoms with Crippen LogP contribution in [0.15, 0.2) is 5.16 Å². The van der Waals surface area contributed by atoms with Crippen LogP contribution in [0.3, 0.4) is 0 Å². The molecule has 0 atom stereocenters. The van der Waals surface area contributed by atoms with Crippen molar-refractivity contribution in [2.24, 2.45) is 0 Å². The van der Waals surface area contributed by atoms with Crippen LogP contribution < -0.4 is 0 Å². The van der Waals surface area contributed by atoms with Gasteiger partial charge in [0.15, 0.2) is 0 Å². The van der Waals surface area contributed by atoms with E-state index in [1.165, 1.54) is 6.42 Å². The molecule has 0 spiro atoms. The van der Waals surface area contributed by atoms with Crippen LogP contribution in [-0.2, 0) is 16.3 Å².